The quantitative estimate of drug-likeness (QED) is 0.540. The molecule has 0 fully saturated rings. The van der Waals surface area contributed by atoms with E-state index in [2.05, 4.69) is 4.99 Å². The zero-order chi connectivity index (χ0) is 21.8. The van der Waals surface area contributed by atoms with E-state index in [9.17, 15) is 14.7 Å². The van der Waals surface area contributed by atoms with Crippen molar-refractivity contribution in [1.82, 2.24) is 0 Å². The Labute approximate surface area is 187 Å². The number of halogens is 2. The molecule has 1 aromatic heterocycles. The van der Waals surface area contributed by atoms with Gasteiger partial charge in [0.1, 0.15) is 27.9 Å². The van der Waals surface area contributed by atoms with Gasteiger partial charge in [0.2, 0.25) is 5.91 Å². The van der Waals surface area contributed by atoms with Gasteiger partial charge in [0.05, 0.1) is 21.6 Å². The number of carbonyl (C=O) groups is 2. The number of hydrogen-bond donors (Lipinski definition) is 1. The van der Waals surface area contributed by atoms with Crippen molar-refractivity contribution >= 4 is 58.0 Å². The lowest BCUT2D eigenvalue weighted by Gasteiger charge is -2.02. The Morgan fingerprint density at radius 1 is 1.20 bits per heavy atom. The van der Waals surface area contributed by atoms with Crippen molar-refractivity contribution in [3.63, 3.8) is 0 Å². The second-order valence-corrected chi connectivity index (χ2v) is 7.89. The van der Waals surface area contributed by atoms with Gasteiger partial charge in [-0.15, -0.1) is 0 Å². The minimum absolute atomic E-state index is 0.0975. The lowest BCUT2D eigenvalue weighted by atomic mass is 10.2. The third-order valence-electron chi connectivity index (χ3n) is 4.00. The average Bonchev–Trinajstić information content (AvgIpc) is 3.29. The molecule has 0 spiro atoms. The Kier molecular flexibility index (Phi) is 7.07. The fraction of sp³-hybridized carbons (Fsp3) is 0.190. The number of aliphatic hydroxyl groups excluding tert-OH is 1. The van der Waals surface area contributed by atoms with Gasteiger partial charge in [0, 0.05) is 12.0 Å². The summed E-state index contributed by atoms with van der Waals surface area (Å²) < 4.78 is 10.8. The van der Waals surface area contributed by atoms with Crippen LogP contribution in [0.4, 0.5) is 0 Å². The van der Waals surface area contributed by atoms with Crippen molar-refractivity contribution in [2.45, 2.75) is 20.3 Å². The molecule has 0 aliphatic carbocycles. The zero-order valence-electron chi connectivity index (χ0n) is 16.1. The number of thioether (sulfide) groups is 1. The molecule has 1 amide bonds. The predicted molar refractivity (Wildman–Crippen MR) is 119 cm³/mol. The Bertz CT molecular complexity index is 1100. The van der Waals surface area contributed by atoms with Crippen LogP contribution in [0.25, 0.3) is 17.4 Å². The van der Waals surface area contributed by atoms with Crippen LogP contribution in [-0.4, -0.2) is 28.6 Å². The number of ether oxygens (including phenoxy) is 1. The second-order valence-electron chi connectivity index (χ2n) is 6.05. The molecule has 0 unspecified atom stereocenters. The van der Waals surface area contributed by atoms with E-state index in [-0.39, 0.29) is 29.4 Å². The van der Waals surface area contributed by atoms with Gasteiger partial charge in [-0.05, 0) is 43.3 Å². The highest BCUT2D eigenvalue weighted by atomic mass is 35.5. The minimum Gasteiger partial charge on any atom is -0.506 e. The first-order chi connectivity index (χ1) is 14.3. The first kappa shape index (κ1) is 22.2. The van der Waals surface area contributed by atoms with Crippen molar-refractivity contribution < 1.29 is 23.8 Å². The second kappa shape index (κ2) is 9.55. The number of benzene rings is 1. The number of hydrogen-bond acceptors (Lipinski definition) is 6. The van der Waals surface area contributed by atoms with E-state index < -0.39 is 11.9 Å². The Morgan fingerprint density at radius 2 is 1.97 bits per heavy atom. The largest absolute Gasteiger partial charge is 0.506 e. The van der Waals surface area contributed by atoms with Crippen LogP contribution >= 0.6 is 35.0 Å². The number of esters is 1. The monoisotopic (exact) mass is 465 g/mol. The number of rotatable bonds is 5. The normalized spacial score (nSPS) is 16.5. The summed E-state index contributed by atoms with van der Waals surface area (Å²) in [5.74, 6) is -0.490. The molecule has 0 saturated heterocycles. The number of furan rings is 1. The van der Waals surface area contributed by atoms with Gasteiger partial charge in [-0.1, -0.05) is 41.9 Å². The topological polar surface area (TPSA) is 89.1 Å². The summed E-state index contributed by atoms with van der Waals surface area (Å²) in [7, 11) is 0. The molecule has 9 heteroatoms. The van der Waals surface area contributed by atoms with Crippen molar-refractivity contribution in [3.8, 4) is 11.3 Å². The van der Waals surface area contributed by atoms with Gasteiger partial charge in [-0.25, -0.2) is 9.79 Å². The predicted octanol–water partition coefficient (Wildman–Crippen LogP) is 6.05. The van der Waals surface area contributed by atoms with Crippen molar-refractivity contribution in [3.05, 3.63) is 62.4 Å². The van der Waals surface area contributed by atoms with Crippen LogP contribution in [0.2, 0.25) is 10.0 Å². The molecule has 0 atom stereocenters. The molecule has 0 radical (unpaired) electrons. The van der Waals surface area contributed by atoms with Gasteiger partial charge in [0.15, 0.2) is 0 Å². The lowest BCUT2D eigenvalue weighted by molar-refractivity contribution is -0.138. The number of nitrogens with zero attached hydrogens (tertiary/aromatic N) is 1. The number of aliphatic hydroxyl groups is 1. The van der Waals surface area contributed by atoms with E-state index >= 15 is 0 Å². The third-order valence-corrected chi connectivity index (χ3v) is 5.76. The van der Waals surface area contributed by atoms with Crippen LogP contribution in [0, 0.1) is 0 Å². The maximum atomic E-state index is 12.3. The number of aliphatic imine (C=N–C) groups is 1. The molecular formula is C21H17Cl2NO5S. The van der Waals surface area contributed by atoms with E-state index in [0.717, 1.165) is 17.3 Å². The van der Waals surface area contributed by atoms with Crippen LogP contribution in [0.15, 0.2) is 56.0 Å². The molecule has 156 valence electrons. The molecule has 2 aromatic rings. The van der Waals surface area contributed by atoms with Crippen LogP contribution in [-0.2, 0) is 14.3 Å². The van der Waals surface area contributed by atoms with Crippen molar-refractivity contribution in [1.29, 1.82) is 0 Å². The standard InChI is InChI=1S/C21H17Cl2NO5S/c1-3-17(25)24-20-18(21(27)28-4-2)19(26)16(30-20)10-12-6-8-15(29-12)11-5-7-13(22)14(23)9-11/h5-10,26H,3-4H2,1-2H3/b16-10-,24-20?. The summed E-state index contributed by atoms with van der Waals surface area (Å²) in [6, 6.07) is 8.57. The molecule has 2 heterocycles. The Balaban J connectivity index is 1.96. The smallest absolute Gasteiger partial charge is 0.344 e. The zero-order valence-corrected chi connectivity index (χ0v) is 18.4. The third kappa shape index (κ3) is 4.80. The van der Waals surface area contributed by atoms with Crippen molar-refractivity contribution in [2.24, 2.45) is 4.99 Å². The molecule has 1 N–H and O–H groups in total. The van der Waals surface area contributed by atoms with E-state index in [0.29, 0.717) is 26.5 Å². The van der Waals surface area contributed by atoms with E-state index in [1.807, 2.05) is 0 Å². The summed E-state index contributed by atoms with van der Waals surface area (Å²) in [5.41, 5.74) is 0.599. The SMILES string of the molecule is CCOC(=O)C1=C(O)/C(=C/c2ccc(-c3ccc(Cl)c(Cl)c3)o2)SC1=NC(=O)CC. The molecule has 6 nitrogen and oxygen atoms in total. The molecule has 1 aliphatic heterocycles. The Hall–Kier alpha value is -2.48. The lowest BCUT2D eigenvalue weighted by Crippen LogP contribution is -2.14. The number of carbonyl (C=O) groups excluding carboxylic acids is 2. The van der Waals surface area contributed by atoms with Crippen LogP contribution < -0.4 is 0 Å². The van der Waals surface area contributed by atoms with Gasteiger partial charge in [0.25, 0.3) is 0 Å². The highest BCUT2D eigenvalue weighted by Crippen LogP contribution is 2.40. The maximum Gasteiger partial charge on any atom is 0.344 e. The maximum absolute atomic E-state index is 12.3. The van der Waals surface area contributed by atoms with Gasteiger partial charge < -0.3 is 14.3 Å². The summed E-state index contributed by atoms with van der Waals surface area (Å²) in [5, 5.41) is 11.5. The van der Waals surface area contributed by atoms with Crippen LogP contribution in [0.5, 0.6) is 0 Å². The molecule has 3 rings (SSSR count). The summed E-state index contributed by atoms with van der Waals surface area (Å²) in [4.78, 5) is 28.3. The molecule has 30 heavy (non-hydrogen) atoms. The molecule has 1 aromatic carbocycles. The number of amides is 1. The molecule has 1 aliphatic rings. The minimum atomic E-state index is -0.746. The summed E-state index contributed by atoms with van der Waals surface area (Å²) >= 11 is 13.0. The van der Waals surface area contributed by atoms with Crippen LogP contribution in [0.1, 0.15) is 26.0 Å². The van der Waals surface area contributed by atoms with Crippen molar-refractivity contribution in [2.75, 3.05) is 6.61 Å². The van der Waals surface area contributed by atoms with Gasteiger partial charge in [-0.2, -0.15) is 0 Å². The van der Waals surface area contributed by atoms with E-state index in [4.69, 9.17) is 32.4 Å². The first-order valence-corrected chi connectivity index (χ1v) is 10.6. The van der Waals surface area contributed by atoms with E-state index in [1.165, 1.54) is 0 Å². The van der Waals surface area contributed by atoms with Gasteiger partial charge in [-0.3, -0.25) is 4.79 Å². The summed E-state index contributed by atoms with van der Waals surface area (Å²) in [6.07, 6.45) is 1.73. The van der Waals surface area contributed by atoms with Gasteiger partial charge >= 0.3 is 5.97 Å². The first-order valence-electron chi connectivity index (χ1n) is 9.01. The average molecular weight is 466 g/mol. The highest BCUT2D eigenvalue weighted by Gasteiger charge is 2.33. The molecule has 0 saturated carbocycles. The molecular weight excluding hydrogens is 449 g/mol. The summed E-state index contributed by atoms with van der Waals surface area (Å²) in [6.45, 7) is 3.43. The fourth-order valence-electron chi connectivity index (χ4n) is 2.55. The van der Waals surface area contributed by atoms with E-state index in [1.54, 1.807) is 50.3 Å². The molecule has 0 bridgehead atoms. The Morgan fingerprint density at radius 3 is 2.63 bits per heavy atom. The highest BCUT2D eigenvalue weighted by molar-refractivity contribution is 8.18. The fourth-order valence-corrected chi connectivity index (χ4v) is 3.86. The van der Waals surface area contributed by atoms with Crippen LogP contribution in [0.3, 0.4) is 0 Å².